The van der Waals surface area contributed by atoms with Crippen LogP contribution in [0.4, 0.5) is 0 Å². The predicted octanol–water partition coefficient (Wildman–Crippen LogP) is 14.7. The summed E-state index contributed by atoms with van der Waals surface area (Å²) in [5.74, 6) is -0.409. The van der Waals surface area contributed by atoms with Crippen molar-refractivity contribution < 1.29 is 23.8 Å². The van der Waals surface area contributed by atoms with Gasteiger partial charge in [0.15, 0.2) is 6.10 Å². The molecule has 0 aromatic rings. The first-order valence-electron chi connectivity index (χ1n) is 22.5. The number of carbonyl (C=O) groups is 2. The van der Waals surface area contributed by atoms with E-state index in [1.54, 1.807) is 0 Å². The van der Waals surface area contributed by atoms with Crippen molar-refractivity contribution in [3.8, 4) is 0 Å². The number of allylic oxidation sites excluding steroid dienone is 6. The van der Waals surface area contributed by atoms with Crippen molar-refractivity contribution in [3.63, 3.8) is 0 Å². The Bertz CT molecular complexity index is 832. The van der Waals surface area contributed by atoms with E-state index in [9.17, 15) is 9.59 Å². The Morgan fingerprint density at radius 3 is 1.38 bits per heavy atom. The summed E-state index contributed by atoms with van der Waals surface area (Å²) < 4.78 is 17.2. The third-order valence-electron chi connectivity index (χ3n) is 9.69. The molecule has 5 nitrogen and oxygen atoms in total. The van der Waals surface area contributed by atoms with Gasteiger partial charge in [0.25, 0.3) is 0 Å². The second kappa shape index (κ2) is 43.5. The zero-order chi connectivity index (χ0) is 37.8. The fraction of sp³-hybridized carbons (Fsp3) is 0.830. The van der Waals surface area contributed by atoms with Crippen LogP contribution >= 0.6 is 0 Å². The monoisotopic (exact) mass is 731 g/mol. The van der Waals surface area contributed by atoms with E-state index < -0.39 is 6.10 Å². The predicted molar refractivity (Wildman–Crippen MR) is 224 cm³/mol. The maximum atomic E-state index is 12.5. The summed E-state index contributed by atoms with van der Waals surface area (Å²) in [5.41, 5.74) is 0. The summed E-state index contributed by atoms with van der Waals surface area (Å²) in [6.45, 7) is 7.64. The standard InChI is InChI=1S/C47H86O5/c1-4-7-10-13-15-17-19-21-23-25-27-29-31-33-36-39-42-50-43-45(52-47(49)41-38-34-12-9-6-3)44-51-46(48)40-37-35-32-30-28-26-24-22-20-18-16-14-11-8-5-2/h7,10,15,17,21,23,45H,4-6,8-9,11-14,16,18-20,22,24-44H2,1-3H3/b10-7-,17-15-,23-21-. The van der Waals surface area contributed by atoms with Gasteiger partial charge in [0.1, 0.15) is 6.61 Å². The van der Waals surface area contributed by atoms with Crippen LogP contribution in [-0.4, -0.2) is 37.9 Å². The van der Waals surface area contributed by atoms with Gasteiger partial charge in [0.2, 0.25) is 0 Å². The van der Waals surface area contributed by atoms with Crippen LogP contribution < -0.4 is 0 Å². The van der Waals surface area contributed by atoms with E-state index in [0.29, 0.717) is 19.4 Å². The summed E-state index contributed by atoms with van der Waals surface area (Å²) in [5, 5.41) is 0. The fourth-order valence-corrected chi connectivity index (χ4v) is 6.35. The fourth-order valence-electron chi connectivity index (χ4n) is 6.35. The molecular weight excluding hydrogens is 645 g/mol. The van der Waals surface area contributed by atoms with Gasteiger partial charge in [-0.3, -0.25) is 9.59 Å². The van der Waals surface area contributed by atoms with Crippen LogP contribution in [0.3, 0.4) is 0 Å². The molecule has 0 saturated heterocycles. The molecule has 0 aromatic heterocycles. The number of unbranched alkanes of at least 4 members (excludes halogenated alkanes) is 24. The summed E-state index contributed by atoms with van der Waals surface area (Å²) in [4.78, 5) is 25.0. The smallest absolute Gasteiger partial charge is 0.306 e. The van der Waals surface area contributed by atoms with Crippen LogP contribution in [0.1, 0.15) is 226 Å². The Balaban J connectivity index is 4.06. The van der Waals surface area contributed by atoms with E-state index >= 15 is 0 Å². The van der Waals surface area contributed by atoms with Crippen molar-refractivity contribution in [1.82, 2.24) is 0 Å². The van der Waals surface area contributed by atoms with Gasteiger partial charge >= 0.3 is 11.9 Å². The van der Waals surface area contributed by atoms with E-state index in [4.69, 9.17) is 14.2 Å². The molecule has 5 heteroatoms. The second-order valence-corrected chi connectivity index (χ2v) is 14.9. The molecule has 52 heavy (non-hydrogen) atoms. The average Bonchev–Trinajstić information content (AvgIpc) is 3.14. The molecule has 0 aromatic carbocycles. The topological polar surface area (TPSA) is 61.8 Å². The third kappa shape index (κ3) is 40.9. The van der Waals surface area contributed by atoms with Gasteiger partial charge in [-0.15, -0.1) is 0 Å². The Morgan fingerprint density at radius 2 is 0.865 bits per heavy atom. The second-order valence-electron chi connectivity index (χ2n) is 14.9. The van der Waals surface area contributed by atoms with Crippen LogP contribution in [0.5, 0.6) is 0 Å². The summed E-state index contributed by atoms with van der Waals surface area (Å²) in [6, 6.07) is 0. The number of carbonyl (C=O) groups excluding carboxylic acids is 2. The molecule has 0 fully saturated rings. The lowest BCUT2D eigenvalue weighted by Crippen LogP contribution is -2.30. The van der Waals surface area contributed by atoms with Gasteiger partial charge in [-0.2, -0.15) is 0 Å². The lowest BCUT2D eigenvalue weighted by Gasteiger charge is -2.18. The van der Waals surface area contributed by atoms with Gasteiger partial charge in [0.05, 0.1) is 6.61 Å². The number of hydrogen-bond acceptors (Lipinski definition) is 5. The molecule has 0 saturated carbocycles. The minimum atomic E-state index is -0.533. The van der Waals surface area contributed by atoms with Crippen LogP contribution in [-0.2, 0) is 23.8 Å². The minimum absolute atomic E-state index is 0.0835. The normalized spacial score (nSPS) is 12.4. The molecule has 1 atom stereocenters. The molecule has 0 heterocycles. The minimum Gasteiger partial charge on any atom is -0.462 e. The number of esters is 2. The van der Waals surface area contributed by atoms with Gasteiger partial charge in [-0.25, -0.2) is 0 Å². The Hall–Kier alpha value is -1.88. The van der Waals surface area contributed by atoms with E-state index in [0.717, 1.165) is 70.6 Å². The molecule has 0 bridgehead atoms. The summed E-state index contributed by atoms with van der Waals surface area (Å²) in [6.07, 6.45) is 50.3. The Kier molecular flexibility index (Phi) is 42.0. The van der Waals surface area contributed by atoms with Crippen LogP contribution in [0.2, 0.25) is 0 Å². The van der Waals surface area contributed by atoms with Gasteiger partial charge in [-0.1, -0.05) is 198 Å². The van der Waals surface area contributed by atoms with Crippen molar-refractivity contribution in [3.05, 3.63) is 36.5 Å². The van der Waals surface area contributed by atoms with Gasteiger partial charge in [-0.05, 0) is 51.4 Å². The van der Waals surface area contributed by atoms with E-state index in [-0.39, 0.29) is 25.2 Å². The highest BCUT2D eigenvalue weighted by atomic mass is 16.6. The molecule has 0 aliphatic rings. The molecule has 1 unspecified atom stereocenters. The highest BCUT2D eigenvalue weighted by molar-refractivity contribution is 5.70. The van der Waals surface area contributed by atoms with Gasteiger partial charge < -0.3 is 14.2 Å². The Morgan fingerprint density at radius 1 is 0.442 bits per heavy atom. The first kappa shape index (κ1) is 50.1. The van der Waals surface area contributed by atoms with Crippen molar-refractivity contribution in [2.24, 2.45) is 0 Å². The molecule has 0 rings (SSSR count). The van der Waals surface area contributed by atoms with Crippen LogP contribution in [0, 0.1) is 0 Å². The lowest BCUT2D eigenvalue weighted by molar-refractivity contribution is -0.163. The molecule has 0 N–H and O–H groups in total. The van der Waals surface area contributed by atoms with Crippen molar-refractivity contribution >= 4 is 11.9 Å². The molecule has 304 valence electrons. The largest absolute Gasteiger partial charge is 0.462 e. The third-order valence-corrected chi connectivity index (χ3v) is 9.69. The first-order valence-corrected chi connectivity index (χ1v) is 22.5. The van der Waals surface area contributed by atoms with Crippen LogP contribution in [0.25, 0.3) is 0 Å². The number of rotatable bonds is 41. The van der Waals surface area contributed by atoms with Gasteiger partial charge in [0, 0.05) is 19.4 Å². The molecule has 0 aliphatic carbocycles. The van der Waals surface area contributed by atoms with Crippen molar-refractivity contribution in [1.29, 1.82) is 0 Å². The highest BCUT2D eigenvalue weighted by Gasteiger charge is 2.17. The van der Waals surface area contributed by atoms with E-state index in [1.165, 1.54) is 122 Å². The van der Waals surface area contributed by atoms with E-state index in [1.807, 2.05) is 0 Å². The molecule has 0 spiro atoms. The SMILES string of the molecule is CC/C=C\C/C=C\C/C=C\CCCCCCCCOCC(COC(=O)CCCCCCCCCCCCCCCCC)OC(=O)CCCCCCC. The molecule has 0 aliphatic heterocycles. The maximum Gasteiger partial charge on any atom is 0.306 e. The zero-order valence-electron chi connectivity index (χ0n) is 34.8. The zero-order valence-corrected chi connectivity index (χ0v) is 34.8. The number of ether oxygens (including phenoxy) is 3. The molecular formula is C47H86O5. The first-order chi connectivity index (χ1) is 25.6. The molecule has 0 radical (unpaired) electrons. The lowest BCUT2D eigenvalue weighted by atomic mass is 10.0. The number of hydrogen-bond donors (Lipinski definition) is 0. The molecule has 0 amide bonds. The van der Waals surface area contributed by atoms with Crippen LogP contribution in [0.15, 0.2) is 36.5 Å². The average molecular weight is 731 g/mol. The van der Waals surface area contributed by atoms with E-state index in [2.05, 4.69) is 57.2 Å². The maximum absolute atomic E-state index is 12.5. The summed E-state index contributed by atoms with van der Waals surface area (Å²) in [7, 11) is 0. The van der Waals surface area contributed by atoms with Crippen molar-refractivity contribution in [2.75, 3.05) is 19.8 Å². The summed E-state index contributed by atoms with van der Waals surface area (Å²) >= 11 is 0. The Labute approximate surface area is 323 Å². The van der Waals surface area contributed by atoms with Crippen molar-refractivity contribution in [2.45, 2.75) is 232 Å². The highest BCUT2D eigenvalue weighted by Crippen LogP contribution is 2.15. The quantitative estimate of drug-likeness (QED) is 0.0356.